The zero-order chi connectivity index (χ0) is 79.4. The van der Waals surface area contributed by atoms with Crippen molar-refractivity contribution in [3.8, 4) is 0 Å². The number of phosphoric acid groups is 2. The molecule has 0 bridgehead atoms. The molecule has 5 unspecified atom stereocenters. The molecule has 16 nitrogen and oxygen atoms in total. The molecule has 4 N–H and O–H groups in total. The van der Waals surface area contributed by atoms with Crippen LogP contribution >= 0.6 is 15.6 Å². The van der Waals surface area contributed by atoms with E-state index in [0.717, 1.165) is 154 Å². The van der Waals surface area contributed by atoms with Crippen LogP contribution in [-0.4, -0.2) is 95.9 Å². The average molecular weight is 1560 g/mol. The van der Waals surface area contributed by atoms with Crippen LogP contribution in [0.25, 0.3) is 0 Å². The van der Waals surface area contributed by atoms with Gasteiger partial charge in [-0.05, 0) is 154 Å². The first kappa shape index (κ1) is 104. The second-order valence-electron chi connectivity index (χ2n) is 27.5. The fraction of sp³-hybridized carbons (Fsp3) is 0.637. The predicted octanol–water partition coefficient (Wildman–Crippen LogP) is 25.3. The summed E-state index contributed by atoms with van der Waals surface area (Å²) in [6.07, 6.45) is 107. The summed E-state index contributed by atoms with van der Waals surface area (Å²) in [5, 5.41) is 20.7. The van der Waals surface area contributed by atoms with Gasteiger partial charge in [-0.3, -0.25) is 32.5 Å². The molecule has 18 heteroatoms. The topological polar surface area (TPSA) is 231 Å². The molecule has 0 radical (unpaired) electrons. The molecule has 0 amide bonds. The van der Waals surface area contributed by atoms with E-state index in [2.05, 4.69) is 191 Å². The summed E-state index contributed by atoms with van der Waals surface area (Å²) in [5.41, 5.74) is 0. The third-order valence-electron chi connectivity index (χ3n) is 17.1. The van der Waals surface area contributed by atoms with Crippen LogP contribution in [0.4, 0.5) is 0 Å². The SMILES string of the molecule is CC/C=C\C/C=C\C/C=C\C/C=C\C/C=C\C/C=C\CCCCCCCCCCCCC(=O)OCC(O)COP(=O)(O)OCC(O)COP(=O)(O)OCC(COC(=O)CCCCCCCCCCCCC/C=C\C/C=C\C/C=C\C/C=C\CCCCC)OC(=O)CCC/C=C\C/C=C\C/C=C\C/C=C\C/C=C\CC. The number of ether oxygens (including phenoxy) is 3. The fourth-order valence-corrected chi connectivity index (χ4v) is 12.4. The number of rotatable bonds is 78. The second kappa shape index (κ2) is 82.1. The van der Waals surface area contributed by atoms with Crippen LogP contribution in [0.3, 0.4) is 0 Å². The second-order valence-corrected chi connectivity index (χ2v) is 30.4. The van der Waals surface area contributed by atoms with Gasteiger partial charge in [-0.2, -0.15) is 0 Å². The van der Waals surface area contributed by atoms with E-state index in [1.165, 1.54) is 96.3 Å². The van der Waals surface area contributed by atoms with Crippen LogP contribution in [0.1, 0.15) is 316 Å². The number of allylic oxidation sites excluding steroid dienone is 30. The van der Waals surface area contributed by atoms with E-state index in [1.54, 1.807) is 0 Å². The monoisotopic (exact) mass is 1560 g/mol. The molecule has 0 saturated carbocycles. The van der Waals surface area contributed by atoms with Crippen molar-refractivity contribution in [3.05, 3.63) is 182 Å². The van der Waals surface area contributed by atoms with Crippen molar-refractivity contribution < 1.29 is 75.8 Å². The van der Waals surface area contributed by atoms with Crippen LogP contribution in [0, 0.1) is 0 Å². The molecule has 5 atom stereocenters. The molecular weight excluding hydrogens is 1410 g/mol. The molecule has 0 aliphatic heterocycles. The number of esters is 3. The summed E-state index contributed by atoms with van der Waals surface area (Å²) in [6.45, 7) is 2.35. The quantitative estimate of drug-likeness (QED) is 0.0146. The third kappa shape index (κ3) is 83.4. The van der Waals surface area contributed by atoms with Crippen LogP contribution in [-0.2, 0) is 55.8 Å². The first-order valence-corrected chi connectivity index (χ1v) is 45.1. The largest absolute Gasteiger partial charge is 0.472 e. The maximum Gasteiger partial charge on any atom is 0.472 e. The number of phosphoric ester groups is 2. The Kier molecular flexibility index (Phi) is 78.1. The molecule has 0 aromatic rings. The normalized spacial score (nSPS) is 14.8. The zero-order valence-corrected chi connectivity index (χ0v) is 69.7. The lowest BCUT2D eigenvalue weighted by molar-refractivity contribution is -0.161. The van der Waals surface area contributed by atoms with Crippen molar-refractivity contribution in [2.45, 2.75) is 334 Å². The van der Waals surface area contributed by atoms with Crippen LogP contribution in [0.15, 0.2) is 182 Å². The molecule has 0 aliphatic carbocycles. The van der Waals surface area contributed by atoms with E-state index in [1.807, 2.05) is 12.2 Å². The minimum atomic E-state index is -4.96. The maximum absolute atomic E-state index is 13.0. The standard InChI is InChI=1S/C91H150O16P2/c1-4-7-10-13-16-19-22-25-28-31-33-35-37-39-41-42-44-46-47-49-51-54-56-59-62-65-68-71-74-77-89(94)101-80-86(92)81-103-108(97,98)104-82-87(93)83-105-109(99,100)106-85-88(107-91(96)79-76-73-70-67-64-61-58-53-30-27-24-21-18-15-12-9-6-3)84-102-90(95)78-75-72-69-66-63-60-57-55-52-50-48-45-43-40-38-36-34-32-29-26-23-20-17-14-11-8-5-2/h7,9-10,12,16-21,25-30,33-36,39-41,43-44,46,58,61,67,70,86-88,92-93H,4-6,8,11,13-15,22-24,31-32,37-38,42,45,47-57,59-60,62-66,68-69,71-85H2,1-3H3,(H,97,98)(H,99,100)/b10-7-,12-9-,19-16-,20-17-,21-18-,28-25-,29-26-,30-27-,35-33-,36-34-,41-39-,43-40-,46-44-,61-58-,70-67-. The van der Waals surface area contributed by atoms with E-state index in [-0.39, 0.29) is 19.3 Å². The highest BCUT2D eigenvalue weighted by Crippen LogP contribution is 2.45. The van der Waals surface area contributed by atoms with Gasteiger partial charge in [0.1, 0.15) is 25.4 Å². The van der Waals surface area contributed by atoms with Crippen molar-refractivity contribution in [2.24, 2.45) is 0 Å². The number of unbranched alkanes of at least 4 members (excludes halogenated alkanes) is 25. The third-order valence-corrected chi connectivity index (χ3v) is 19.0. The Balaban J connectivity index is 4.62. The van der Waals surface area contributed by atoms with E-state index >= 15 is 0 Å². The lowest BCUT2D eigenvalue weighted by Crippen LogP contribution is -2.30. The van der Waals surface area contributed by atoms with Gasteiger partial charge in [-0.25, -0.2) is 9.13 Å². The Morgan fingerprint density at radius 1 is 0.266 bits per heavy atom. The highest BCUT2D eigenvalue weighted by atomic mass is 31.2. The van der Waals surface area contributed by atoms with E-state index in [4.69, 9.17) is 32.3 Å². The smallest absolute Gasteiger partial charge is 0.463 e. The number of aliphatic hydroxyl groups excluding tert-OH is 2. The minimum Gasteiger partial charge on any atom is -0.463 e. The summed E-state index contributed by atoms with van der Waals surface area (Å²) in [5.74, 6) is -1.66. The molecule has 0 aromatic heterocycles. The molecule has 0 aliphatic rings. The number of carbonyl (C=O) groups is 3. The van der Waals surface area contributed by atoms with E-state index in [9.17, 15) is 43.5 Å². The minimum absolute atomic E-state index is 0.0201. The molecule has 0 aromatic carbocycles. The van der Waals surface area contributed by atoms with Crippen molar-refractivity contribution in [1.82, 2.24) is 0 Å². The number of carbonyl (C=O) groups excluding carboxylic acids is 3. The summed E-state index contributed by atoms with van der Waals surface area (Å²) >= 11 is 0. The van der Waals surface area contributed by atoms with Gasteiger partial charge in [0.15, 0.2) is 6.10 Å². The van der Waals surface area contributed by atoms with E-state index in [0.29, 0.717) is 25.7 Å². The van der Waals surface area contributed by atoms with Crippen molar-refractivity contribution >= 4 is 33.6 Å². The van der Waals surface area contributed by atoms with Gasteiger partial charge in [-0.1, -0.05) is 325 Å². The zero-order valence-electron chi connectivity index (χ0n) is 67.9. The van der Waals surface area contributed by atoms with Gasteiger partial charge in [0.2, 0.25) is 0 Å². The lowest BCUT2D eigenvalue weighted by Gasteiger charge is -2.21. The van der Waals surface area contributed by atoms with Crippen LogP contribution < -0.4 is 0 Å². The van der Waals surface area contributed by atoms with Gasteiger partial charge in [-0.15, -0.1) is 0 Å². The Labute approximate surface area is 662 Å². The molecule has 0 spiro atoms. The van der Waals surface area contributed by atoms with Crippen molar-refractivity contribution in [2.75, 3.05) is 39.6 Å². The molecule has 109 heavy (non-hydrogen) atoms. The van der Waals surface area contributed by atoms with Crippen molar-refractivity contribution in [3.63, 3.8) is 0 Å². The molecule has 620 valence electrons. The van der Waals surface area contributed by atoms with Gasteiger partial charge >= 0.3 is 33.6 Å². The number of aliphatic hydroxyl groups is 2. The first-order chi connectivity index (χ1) is 53.2. The van der Waals surface area contributed by atoms with Crippen LogP contribution in [0.2, 0.25) is 0 Å². The summed E-state index contributed by atoms with van der Waals surface area (Å²) in [7, 11) is -9.83. The molecule has 0 fully saturated rings. The highest BCUT2D eigenvalue weighted by molar-refractivity contribution is 7.47. The number of hydrogen-bond acceptors (Lipinski definition) is 14. The summed E-state index contributed by atoms with van der Waals surface area (Å²) in [4.78, 5) is 58.8. The number of hydrogen-bond donors (Lipinski definition) is 4. The van der Waals surface area contributed by atoms with Crippen LogP contribution in [0.5, 0.6) is 0 Å². The lowest BCUT2D eigenvalue weighted by atomic mass is 10.0. The van der Waals surface area contributed by atoms with Gasteiger partial charge < -0.3 is 34.2 Å². The Morgan fingerprint density at radius 3 is 0.798 bits per heavy atom. The van der Waals surface area contributed by atoms with Gasteiger partial charge in [0, 0.05) is 19.3 Å². The molecule has 0 rings (SSSR count). The average Bonchev–Trinajstić information content (AvgIpc) is 0.902. The van der Waals surface area contributed by atoms with Crippen molar-refractivity contribution in [1.29, 1.82) is 0 Å². The van der Waals surface area contributed by atoms with Gasteiger partial charge in [0.05, 0.1) is 26.4 Å². The first-order valence-electron chi connectivity index (χ1n) is 42.1. The predicted molar refractivity (Wildman–Crippen MR) is 454 cm³/mol. The molecule has 0 saturated heterocycles. The Bertz CT molecular complexity index is 2710. The molecule has 0 heterocycles. The Morgan fingerprint density at radius 2 is 0.495 bits per heavy atom. The summed E-state index contributed by atoms with van der Waals surface area (Å²) in [6, 6.07) is 0. The molecular formula is C91H150O16P2. The maximum atomic E-state index is 13.0. The van der Waals surface area contributed by atoms with E-state index < -0.39 is 91.5 Å². The summed E-state index contributed by atoms with van der Waals surface area (Å²) < 4.78 is 61.2. The van der Waals surface area contributed by atoms with Gasteiger partial charge in [0.25, 0.3) is 0 Å². The highest BCUT2D eigenvalue weighted by Gasteiger charge is 2.29. The Hall–Kier alpha value is -5.35. The fourth-order valence-electron chi connectivity index (χ4n) is 10.8.